The lowest BCUT2D eigenvalue weighted by Crippen LogP contribution is -2.38. The number of carbonyl (C=O) groups is 3. The molecule has 0 bridgehead atoms. The number of carboxylic acid groups (broad SMARTS) is 1. The van der Waals surface area contributed by atoms with Crippen molar-refractivity contribution >= 4 is 17.8 Å². The number of aliphatic carboxylic acids is 1. The van der Waals surface area contributed by atoms with Gasteiger partial charge in [0, 0.05) is 32.0 Å². The highest BCUT2D eigenvalue weighted by Crippen LogP contribution is 2.26. The fraction of sp³-hybridized carbons (Fsp3) is 0.438. The normalized spacial score (nSPS) is 20.3. The van der Waals surface area contributed by atoms with E-state index in [1.165, 1.54) is 11.9 Å². The number of aryl methyl sites for hydroxylation is 1. The molecule has 1 saturated heterocycles. The van der Waals surface area contributed by atoms with Crippen LogP contribution in [-0.4, -0.2) is 53.6 Å². The predicted molar refractivity (Wildman–Crippen MR) is 80.8 cm³/mol. The summed E-state index contributed by atoms with van der Waals surface area (Å²) in [6, 6.07) is 6.92. The molecular formula is C16H19FN2O4. The number of rotatable bonds is 5. The van der Waals surface area contributed by atoms with Crippen LogP contribution in [0, 0.1) is 0 Å². The molecule has 0 aliphatic carbocycles. The SMILES string of the molecule is CNC(=O)c1cccc(CCC(=O)N2CCC(F)(C(=O)O)C2)c1. The van der Waals surface area contributed by atoms with Crippen LogP contribution in [0.4, 0.5) is 4.39 Å². The minimum atomic E-state index is -2.34. The Kier molecular flexibility index (Phi) is 4.98. The maximum atomic E-state index is 14.0. The third-order valence-corrected chi connectivity index (χ3v) is 4.00. The summed E-state index contributed by atoms with van der Waals surface area (Å²) in [6.45, 7) is -0.292. The van der Waals surface area contributed by atoms with E-state index in [1.807, 2.05) is 0 Å². The number of amides is 2. The van der Waals surface area contributed by atoms with Gasteiger partial charge in [-0.3, -0.25) is 9.59 Å². The minimum absolute atomic E-state index is 0.111. The molecule has 1 aliphatic rings. The Hall–Kier alpha value is -2.44. The Labute approximate surface area is 133 Å². The minimum Gasteiger partial charge on any atom is -0.479 e. The number of carboxylic acids is 1. The summed E-state index contributed by atoms with van der Waals surface area (Å²) in [5, 5.41) is 11.4. The molecule has 0 aromatic heterocycles. The number of nitrogens with zero attached hydrogens (tertiary/aromatic N) is 1. The quantitative estimate of drug-likeness (QED) is 0.847. The summed E-state index contributed by atoms with van der Waals surface area (Å²) in [7, 11) is 1.54. The molecule has 2 rings (SSSR count). The lowest BCUT2D eigenvalue weighted by atomic mass is 10.1. The Balaban J connectivity index is 1.93. The molecule has 1 atom stereocenters. The number of carbonyl (C=O) groups excluding carboxylic acids is 2. The first-order chi connectivity index (χ1) is 10.9. The van der Waals surface area contributed by atoms with Crippen molar-refractivity contribution in [3.05, 3.63) is 35.4 Å². The van der Waals surface area contributed by atoms with Crippen molar-refractivity contribution in [2.45, 2.75) is 24.9 Å². The zero-order valence-electron chi connectivity index (χ0n) is 12.8. The largest absolute Gasteiger partial charge is 0.479 e. The van der Waals surface area contributed by atoms with E-state index >= 15 is 0 Å². The second-order valence-electron chi connectivity index (χ2n) is 5.62. The summed E-state index contributed by atoms with van der Waals surface area (Å²) in [5.74, 6) is -2.01. The van der Waals surface area contributed by atoms with Crippen molar-refractivity contribution < 1.29 is 23.9 Å². The van der Waals surface area contributed by atoms with E-state index in [1.54, 1.807) is 24.3 Å². The van der Waals surface area contributed by atoms with Crippen LogP contribution < -0.4 is 5.32 Å². The first kappa shape index (κ1) is 16.9. The molecule has 1 heterocycles. The van der Waals surface area contributed by atoms with Gasteiger partial charge in [0.25, 0.3) is 5.91 Å². The monoisotopic (exact) mass is 322 g/mol. The van der Waals surface area contributed by atoms with Crippen LogP contribution >= 0.6 is 0 Å². The molecule has 6 nitrogen and oxygen atoms in total. The van der Waals surface area contributed by atoms with Gasteiger partial charge in [-0.2, -0.15) is 0 Å². The number of hydrogen-bond donors (Lipinski definition) is 2. The highest BCUT2D eigenvalue weighted by molar-refractivity contribution is 5.94. The molecule has 124 valence electrons. The van der Waals surface area contributed by atoms with Crippen molar-refractivity contribution in [2.75, 3.05) is 20.1 Å². The fourth-order valence-corrected chi connectivity index (χ4v) is 2.58. The van der Waals surface area contributed by atoms with Gasteiger partial charge in [0.2, 0.25) is 11.6 Å². The molecule has 1 aromatic carbocycles. The second-order valence-corrected chi connectivity index (χ2v) is 5.62. The topological polar surface area (TPSA) is 86.7 Å². The average Bonchev–Trinajstić information content (AvgIpc) is 2.96. The van der Waals surface area contributed by atoms with E-state index in [-0.39, 0.29) is 31.2 Å². The first-order valence-corrected chi connectivity index (χ1v) is 7.37. The molecule has 1 unspecified atom stereocenters. The smallest absolute Gasteiger partial charge is 0.343 e. The van der Waals surface area contributed by atoms with E-state index in [4.69, 9.17) is 5.11 Å². The van der Waals surface area contributed by atoms with Crippen molar-refractivity contribution in [3.63, 3.8) is 0 Å². The molecule has 1 fully saturated rings. The summed E-state index contributed by atoms with van der Waals surface area (Å²) < 4.78 is 14.0. The van der Waals surface area contributed by atoms with E-state index in [0.717, 1.165) is 5.56 Å². The van der Waals surface area contributed by atoms with Crippen LogP contribution in [0.1, 0.15) is 28.8 Å². The number of benzene rings is 1. The van der Waals surface area contributed by atoms with Crippen LogP contribution in [0.5, 0.6) is 0 Å². The van der Waals surface area contributed by atoms with Gasteiger partial charge in [-0.25, -0.2) is 9.18 Å². The lowest BCUT2D eigenvalue weighted by Gasteiger charge is -2.17. The summed E-state index contributed by atoms with van der Waals surface area (Å²) in [4.78, 5) is 35.8. The molecule has 1 aromatic rings. The Morgan fingerprint density at radius 2 is 2.13 bits per heavy atom. The van der Waals surface area contributed by atoms with Gasteiger partial charge in [-0.15, -0.1) is 0 Å². The fourth-order valence-electron chi connectivity index (χ4n) is 2.58. The Morgan fingerprint density at radius 3 is 2.74 bits per heavy atom. The summed E-state index contributed by atoms with van der Waals surface area (Å²) >= 11 is 0. The lowest BCUT2D eigenvalue weighted by molar-refractivity contribution is -0.150. The standard InChI is InChI=1S/C16H19FN2O4/c1-18-14(21)12-4-2-3-11(9-12)5-6-13(20)19-8-7-16(17,10-19)15(22)23/h2-4,9H,5-8,10H2,1H3,(H,18,21)(H,22,23). The van der Waals surface area contributed by atoms with Crippen molar-refractivity contribution in [1.82, 2.24) is 10.2 Å². The maximum absolute atomic E-state index is 14.0. The molecule has 23 heavy (non-hydrogen) atoms. The van der Waals surface area contributed by atoms with Gasteiger partial charge in [-0.05, 0) is 24.1 Å². The highest BCUT2D eigenvalue weighted by atomic mass is 19.1. The maximum Gasteiger partial charge on any atom is 0.343 e. The van der Waals surface area contributed by atoms with Gasteiger partial charge < -0.3 is 15.3 Å². The van der Waals surface area contributed by atoms with E-state index in [0.29, 0.717) is 12.0 Å². The van der Waals surface area contributed by atoms with Gasteiger partial charge in [-0.1, -0.05) is 12.1 Å². The van der Waals surface area contributed by atoms with E-state index in [9.17, 15) is 18.8 Å². The Morgan fingerprint density at radius 1 is 1.39 bits per heavy atom. The second kappa shape index (κ2) is 6.76. The molecule has 1 aliphatic heterocycles. The van der Waals surface area contributed by atoms with Crippen molar-refractivity contribution in [3.8, 4) is 0 Å². The zero-order chi connectivity index (χ0) is 17.0. The van der Waals surface area contributed by atoms with Crippen LogP contribution in [0.2, 0.25) is 0 Å². The molecule has 7 heteroatoms. The third kappa shape index (κ3) is 3.85. The first-order valence-electron chi connectivity index (χ1n) is 7.37. The van der Waals surface area contributed by atoms with Crippen molar-refractivity contribution in [2.24, 2.45) is 0 Å². The van der Waals surface area contributed by atoms with Gasteiger partial charge in [0.1, 0.15) is 0 Å². The summed E-state index contributed by atoms with van der Waals surface area (Å²) in [6.07, 6.45) is 0.375. The molecular weight excluding hydrogens is 303 g/mol. The average molecular weight is 322 g/mol. The number of halogens is 1. The molecule has 0 saturated carbocycles. The van der Waals surface area contributed by atoms with Crippen LogP contribution in [0.15, 0.2) is 24.3 Å². The molecule has 0 radical (unpaired) electrons. The molecule has 0 spiro atoms. The predicted octanol–water partition coefficient (Wildman–Crippen LogP) is 1.00. The number of likely N-dealkylation sites (tertiary alicyclic amines) is 1. The molecule has 2 amide bonds. The third-order valence-electron chi connectivity index (χ3n) is 4.00. The highest BCUT2D eigenvalue weighted by Gasteiger charge is 2.46. The van der Waals surface area contributed by atoms with E-state index in [2.05, 4.69) is 5.32 Å². The Bertz CT molecular complexity index is 634. The zero-order valence-corrected chi connectivity index (χ0v) is 12.8. The number of hydrogen-bond acceptors (Lipinski definition) is 3. The van der Waals surface area contributed by atoms with E-state index < -0.39 is 18.2 Å². The molecule has 2 N–H and O–H groups in total. The summed E-state index contributed by atoms with van der Waals surface area (Å²) in [5.41, 5.74) is -1.01. The van der Waals surface area contributed by atoms with Gasteiger partial charge in [0.05, 0.1) is 6.54 Å². The van der Waals surface area contributed by atoms with Crippen LogP contribution in [0.3, 0.4) is 0 Å². The van der Waals surface area contributed by atoms with Crippen LogP contribution in [0.25, 0.3) is 0 Å². The number of nitrogens with one attached hydrogen (secondary N) is 1. The van der Waals surface area contributed by atoms with Gasteiger partial charge >= 0.3 is 5.97 Å². The number of alkyl halides is 1. The van der Waals surface area contributed by atoms with Crippen LogP contribution in [-0.2, 0) is 16.0 Å². The van der Waals surface area contributed by atoms with Gasteiger partial charge in [0.15, 0.2) is 0 Å². The van der Waals surface area contributed by atoms with Crippen molar-refractivity contribution in [1.29, 1.82) is 0 Å².